The lowest BCUT2D eigenvalue weighted by molar-refractivity contribution is 0.703. The minimum atomic E-state index is -0.0269. The molecule has 0 amide bonds. The SMILES string of the molecule is CCn1c(=O)cc(-c2ccccc2)sc1=Nc1ccc(Br)cc1. The van der Waals surface area contributed by atoms with Crippen LogP contribution in [0.3, 0.4) is 0 Å². The smallest absolute Gasteiger partial charge is 0.254 e. The van der Waals surface area contributed by atoms with Crippen LogP contribution in [0.4, 0.5) is 5.69 Å². The molecule has 23 heavy (non-hydrogen) atoms. The van der Waals surface area contributed by atoms with E-state index in [2.05, 4.69) is 20.9 Å². The fourth-order valence-corrected chi connectivity index (χ4v) is 3.57. The second-order valence-corrected chi connectivity index (χ2v) is 6.85. The van der Waals surface area contributed by atoms with Crippen LogP contribution in [0.15, 0.2) is 74.9 Å². The number of aromatic nitrogens is 1. The summed E-state index contributed by atoms with van der Waals surface area (Å²) in [5, 5.41) is 0. The standard InChI is InChI=1S/C18H15BrN2OS/c1-2-21-17(22)12-16(13-6-4-3-5-7-13)23-18(21)20-15-10-8-14(19)9-11-15/h3-12H,2H2,1H3. The van der Waals surface area contributed by atoms with Crippen molar-refractivity contribution in [2.45, 2.75) is 13.5 Å². The Morgan fingerprint density at radius 2 is 1.78 bits per heavy atom. The van der Waals surface area contributed by atoms with Gasteiger partial charge in [0.05, 0.1) is 5.69 Å². The summed E-state index contributed by atoms with van der Waals surface area (Å²) in [6.45, 7) is 2.55. The maximum absolute atomic E-state index is 12.4. The third-order valence-electron chi connectivity index (χ3n) is 3.38. The van der Waals surface area contributed by atoms with Crippen molar-refractivity contribution in [3.8, 4) is 10.4 Å². The normalized spacial score (nSPS) is 11.7. The van der Waals surface area contributed by atoms with Gasteiger partial charge in [-0.25, -0.2) is 4.99 Å². The highest BCUT2D eigenvalue weighted by Gasteiger charge is 2.05. The van der Waals surface area contributed by atoms with Crippen molar-refractivity contribution < 1.29 is 0 Å². The first-order chi connectivity index (χ1) is 11.2. The molecule has 3 aromatic rings. The lowest BCUT2D eigenvalue weighted by atomic mass is 10.2. The highest BCUT2D eigenvalue weighted by molar-refractivity contribution is 9.10. The number of nitrogens with zero attached hydrogens (tertiary/aromatic N) is 2. The molecular weight excluding hydrogens is 372 g/mol. The van der Waals surface area contributed by atoms with Crippen LogP contribution >= 0.6 is 27.3 Å². The Kier molecular flexibility index (Phi) is 4.88. The minimum absolute atomic E-state index is 0.0269. The molecule has 0 atom stereocenters. The number of benzene rings is 2. The van der Waals surface area contributed by atoms with Crippen molar-refractivity contribution in [3.63, 3.8) is 0 Å². The summed E-state index contributed by atoms with van der Waals surface area (Å²) in [6.07, 6.45) is 0. The molecule has 0 spiro atoms. The van der Waals surface area contributed by atoms with Crippen LogP contribution in [0.1, 0.15) is 6.92 Å². The van der Waals surface area contributed by atoms with Crippen LogP contribution in [0.25, 0.3) is 10.4 Å². The quantitative estimate of drug-likeness (QED) is 0.647. The zero-order valence-electron chi connectivity index (χ0n) is 12.6. The van der Waals surface area contributed by atoms with Crippen molar-refractivity contribution in [2.75, 3.05) is 0 Å². The predicted molar refractivity (Wildman–Crippen MR) is 99.1 cm³/mol. The van der Waals surface area contributed by atoms with E-state index in [4.69, 9.17) is 0 Å². The Morgan fingerprint density at radius 1 is 1.09 bits per heavy atom. The second kappa shape index (κ2) is 7.06. The van der Waals surface area contributed by atoms with Gasteiger partial charge in [-0.2, -0.15) is 0 Å². The Morgan fingerprint density at radius 3 is 2.43 bits per heavy atom. The number of halogens is 1. The summed E-state index contributed by atoms with van der Waals surface area (Å²) in [4.78, 5) is 18.7. The molecule has 0 radical (unpaired) electrons. The van der Waals surface area contributed by atoms with Gasteiger partial charge in [0.25, 0.3) is 5.56 Å². The molecule has 0 saturated heterocycles. The van der Waals surface area contributed by atoms with Gasteiger partial charge in [0.1, 0.15) is 0 Å². The Balaban J connectivity index is 2.20. The average Bonchev–Trinajstić information content (AvgIpc) is 2.57. The van der Waals surface area contributed by atoms with Crippen molar-refractivity contribution in [1.29, 1.82) is 0 Å². The molecule has 116 valence electrons. The topological polar surface area (TPSA) is 34.4 Å². The molecule has 0 bridgehead atoms. The van der Waals surface area contributed by atoms with Gasteiger partial charge >= 0.3 is 0 Å². The summed E-state index contributed by atoms with van der Waals surface area (Å²) in [6, 6.07) is 19.3. The Labute approximate surface area is 146 Å². The largest absolute Gasteiger partial charge is 0.285 e. The zero-order chi connectivity index (χ0) is 16.2. The molecule has 2 aromatic carbocycles. The van der Waals surface area contributed by atoms with Crippen LogP contribution < -0.4 is 10.4 Å². The Bertz CT molecular complexity index is 928. The minimum Gasteiger partial charge on any atom is -0.285 e. The lowest BCUT2D eigenvalue weighted by Gasteiger charge is -2.06. The molecule has 3 nitrogen and oxygen atoms in total. The molecule has 0 aliphatic carbocycles. The molecule has 0 aliphatic rings. The molecule has 0 unspecified atom stereocenters. The van der Waals surface area contributed by atoms with Crippen LogP contribution in [0, 0.1) is 0 Å². The maximum Gasteiger partial charge on any atom is 0.254 e. The fraction of sp³-hybridized carbons (Fsp3) is 0.111. The molecule has 1 heterocycles. The average molecular weight is 387 g/mol. The van der Waals surface area contributed by atoms with Crippen LogP contribution in [0.2, 0.25) is 0 Å². The van der Waals surface area contributed by atoms with Crippen LogP contribution in [-0.4, -0.2) is 4.57 Å². The second-order valence-electron chi connectivity index (χ2n) is 4.93. The van der Waals surface area contributed by atoms with Crippen LogP contribution in [0.5, 0.6) is 0 Å². The predicted octanol–water partition coefficient (Wildman–Crippen LogP) is 4.59. The van der Waals surface area contributed by atoms with Crippen molar-refractivity contribution in [1.82, 2.24) is 4.57 Å². The van der Waals surface area contributed by atoms with Crippen molar-refractivity contribution in [2.24, 2.45) is 4.99 Å². The van der Waals surface area contributed by atoms with E-state index in [0.29, 0.717) is 11.3 Å². The number of hydrogen-bond acceptors (Lipinski definition) is 3. The van der Waals surface area contributed by atoms with Gasteiger partial charge in [0, 0.05) is 22.0 Å². The molecule has 0 N–H and O–H groups in total. The summed E-state index contributed by atoms with van der Waals surface area (Å²) in [5.41, 5.74) is 1.84. The molecule has 0 aliphatic heterocycles. The van der Waals surface area contributed by atoms with Gasteiger partial charge in [-0.1, -0.05) is 57.6 Å². The summed E-state index contributed by atoms with van der Waals surface area (Å²) in [7, 11) is 0. The fourth-order valence-electron chi connectivity index (χ4n) is 2.21. The molecular formula is C18H15BrN2OS. The van der Waals surface area contributed by atoms with Crippen molar-refractivity contribution in [3.05, 3.63) is 80.3 Å². The number of rotatable bonds is 3. The van der Waals surface area contributed by atoms with Gasteiger partial charge in [-0.05, 0) is 36.8 Å². The molecule has 1 aromatic heterocycles. The summed E-state index contributed by atoms with van der Waals surface area (Å²) < 4.78 is 2.70. The first-order valence-electron chi connectivity index (χ1n) is 7.28. The van der Waals surface area contributed by atoms with E-state index < -0.39 is 0 Å². The van der Waals surface area contributed by atoms with Crippen LogP contribution in [-0.2, 0) is 6.54 Å². The highest BCUT2D eigenvalue weighted by Crippen LogP contribution is 2.20. The van der Waals surface area contributed by atoms with E-state index in [1.54, 1.807) is 10.6 Å². The highest BCUT2D eigenvalue weighted by atomic mass is 79.9. The van der Waals surface area contributed by atoms with Gasteiger partial charge in [0.2, 0.25) is 0 Å². The Hall–Kier alpha value is -1.98. The van der Waals surface area contributed by atoms with Crippen molar-refractivity contribution >= 4 is 33.0 Å². The third-order valence-corrected chi connectivity index (χ3v) is 4.98. The van der Waals surface area contributed by atoms with E-state index >= 15 is 0 Å². The number of hydrogen-bond donors (Lipinski definition) is 0. The van der Waals surface area contributed by atoms with Gasteiger partial charge in [-0.15, -0.1) is 0 Å². The van der Waals surface area contributed by atoms with Gasteiger partial charge in [-0.3, -0.25) is 9.36 Å². The first-order valence-corrected chi connectivity index (χ1v) is 8.89. The summed E-state index contributed by atoms with van der Waals surface area (Å²) >= 11 is 4.94. The van der Waals surface area contributed by atoms with Gasteiger partial charge < -0.3 is 0 Å². The van der Waals surface area contributed by atoms with E-state index in [-0.39, 0.29) is 5.56 Å². The third kappa shape index (κ3) is 3.68. The molecule has 5 heteroatoms. The van der Waals surface area contributed by atoms with E-state index in [9.17, 15) is 4.79 Å². The molecule has 0 fully saturated rings. The summed E-state index contributed by atoms with van der Waals surface area (Å²) in [5.74, 6) is 0. The lowest BCUT2D eigenvalue weighted by Crippen LogP contribution is -2.30. The van der Waals surface area contributed by atoms with E-state index in [0.717, 1.165) is 20.6 Å². The van der Waals surface area contributed by atoms with E-state index in [1.165, 1.54) is 11.3 Å². The zero-order valence-corrected chi connectivity index (χ0v) is 15.0. The molecule has 0 saturated carbocycles. The van der Waals surface area contributed by atoms with Gasteiger partial charge in [0.15, 0.2) is 4.80 Å². The first kappa shape index (κ1) is 15.9. The maximum atomic E-state index is 12.4. The monoisotopic (exact) mass is 386 g/mol. The molecule has 3 rings (SSSR count). The van der Waals surface area contributed by atoms with E-state index in [1.807, 2.05) is 61.5 Å².